The zero-order valence-corrected chi connectivity index (χ0v) is 11.8. The lowest BCUT2D eigenvalue weighted by atomic mass is 10.0. The third kappa shape index (κ3) is 3.04. The first-order valence-corrected chi connectivity index (χ1v) is 6.86. The van der Waals surface area contributed by atoms with Gasteiger partial charge in [0.15, 0.2) is 5.82 Å². The van der Waals surface area contributed by atoms with E-state index in [1.54, 1.807) is 13.0 Å². The van der Waals surface area contributed by atoms with Gasteiger partial charge in [0.25, 0.3) is 5.89 Å². The van der Waals surface area contributed by atoms with Crippen LogP contribution in [0.5, 0.6) is 0 Å². The number of benzene rings is 1. The highest BCUT2D eigenvalue weighted by atomic mass is 19.4. The Bertz CT molecular complexity index is 685. The monoisotopic (exact) mass is 309 g/mol. The molecule has 1 aromatic carbocycles. The van der Waals surface area contributed by atoms with Crippen LogP contribution in [-0.4, -0.2) is 16.7 Å². The summed E-state index contributed by atoms with van der Waals surface area (Å²) in [5.41, 5.74) is 0.764. The molecule has 0 radical (unpaired) electrons. The summed E-state index contributed by atoms with van der Waals surface area (Å²) in [4.78, 5) is 4.26. The molecule has 0 spiro atoms. The summed E-state index contributed by atoms with van der Waals surface area (Å²) in [5.74, 6) is 0.957. The minimum Gasteiger partial charge on any atom is -0.335 e. The molecule has 22 heavy (non-hydrogen) atoms. The molecule has 116 valence electrons. The zero-order chi connectivity index (χ0) is 15.7. The molecule has 2 heterocycles. The number of rotatable bonds is 3. The normalized spacial score (nSPS) is 19.1. The molecular formula is C15H14F3N3O. The number of alkyl halides is 3. The van der Waals surface area contributed by atoms with Crippen molar-refractivity contribution in [1.29, 1.82) is 0 Å². The number of nitrogens with one attached hydrogen (secondary N) is 1. The van der Waals surface area contributed by atoms with E-state index in [0.29, 0.717) is 17.3 Å². The Hall–Kier alpha value is -2.15. The van der Waals surface area contributed by atoms with E-state index in [1.807, 2.05) is 0 Å². The third-order valence-corrected chi connectivity index (χ3v) is 3.60. The molecule has 0 aliphatic carbocycles. The molecule has 2 aromatic rings. The first-order chi connectivity index (χ1) is 10.4. The number of hydrogen-bond donors (Lipinski definition) is 1. The lowest BCUT2D eigenvalue weighted by Crippen LogP contribution is -2.35. The predicted molar refractivity (Wildman–Crippen MR) is 74.6 cm³/mol. The second kappa shape index (κ2) is 5.57. The molecule has 1 unspecified atom stereocenters. The van der Waals surface area contributed by atoms with Gasteiger partial charge in [0.05, 0.1) is 11.6 Å². The van der Waals surface area contributed by atoms with Crippen LogP contribution in [0.25, 0.3) is 11.6 Å². The second-order valence-corrected chi connectivity index (χ2v) is 5.19. The summed E-state index contributed by atoms with van der Waals surface area (Å²) in [6.45, 7) is 2.73. The maximum atomic E-state index is 12.5. The first kappa shape index (κ1) is 14.8. The van der Waals surface area contributed by atoms with Gasteiger partial charge >= 0.3 is 6.18 Å². The van der Waals surface area contributed by atoms with Crippen molar-refractivity contribution in [3.63, 3.8) is 0 Å². The summed E-state index contributed by atoms with van der Waals surface area (Å²) in [7, 11) is 0. The molecule has 4 nitrogen and oxygen atoms in total. The molecule has 3 rings (SSSR count). The van der Waals surface area contributed by atoms with Gasteiger partial charge in [-0.1, -0.05) is 17.3 Å². The average Bonchev–Trinajstić information content (AvgIpc) is 2.84. The largest absolute Gasteiger partial charge is 0.416 e. The molecule has 0 saturated carbocycles. The lowest BCUT2D eigenvalue weighted by molar-refractivity contribution is -0.137. The summed E-state index contributed by atoms with van der Waals surface area (Å²) in [5, 5.41) is 7.06. The molecule has 1 atom stereocenters. The Morgan fingerprint density at radius 2 is 2.00 bits per heavy atom. The van der Waals surface area contributed by atoms with Crippen molar-refractivity contribution in [2.24, 2.45) is 0 Å². The van der Waals surface area contributed by atoms with Crippen LogP contribution in [0.15, 0.2) is 28.8 Å². The van der Waals surface area contributed by atoms with Crippen molar-refractivity contribution in [2.45, 2.75) is 25.6 Å². The lowest BCUT2D eigenvalue weighted by Gasteiger charge is -2.23. The van der Waals surface area contributed by atoms with E-state index in [4.69, 9.17) is 4.52 Å². The Kier molecular flexibility index (Phi) is 3.74. The van der Waals surface area contributed by atoms with Crippen molar-refractivity contribution in [1.82, 2.24) is 15.5 Å². The fourth-order valence-corrected chi connectivity index (χ4v) is 2.15. The van der Waals surface area contributed by atoms with Crippen LogP contribution in [0.1, 0.15) is 42.2 Å². The Morgan fingerprint density at radius 3 is 2.55 bits per heavy atom. The highest BCUT2D eigenvalue weighted by molar-refractivity contribution is 5.77. The maximum absolute atomic E-state index is 12.5. The average molecular weight is 309 g/mol. The zero-order valence-electron chi connectivity index (χ0n) is 11.8. The SMILES string of the molecule is C/C(=C/c1nc(C2CCN2)no1)c1ccc(C(F)(F)F)cc1. The molecule has 7 heteroatoms. The van der Waals surface area contributed by atoms with Crippen LogP contribution in [0.4, 0.5) is 13.2 Å². The van der Waals surface area contributed by atoms with E-state index in [0.717, 1.165) is 30.7 Å². The van der Waals surface area contributed by atoms with Gasteiger partial charge in [0.2, 0.25) is 0 Å². The van der Waals surface area contributed by atoms with Crippen molar-refractivity contribution in [3.8, 4) is 0 Å². The fourth-order valence-electron chi connectivity index (χ4n) is 2.15. The van der Waals surface area contributed by atoms with Gasteiger partial charge in [-0.2, -0.15) is 18.2 Å². The summed E-state index contributed by atoms with van der Waals surface area (Å²) in [6.07, 6.45) is -1.69. The van der Waals surface area contributed by atoms with Gasteiger partial charge in [0, 0.05) is 6.08 Å². The van der Waals surface area contributed by atoms with Gasteiger partial charge in [-0.25, -0.2) is 0 Å². The summed E-state index contributed by atoms with van der Waals surface area (Å²) < 4.78 is 42.7. The number of halogens is 3. The maximum Gasteiger partial charge on any atom is 0.416 e. The van der Waals surface area contributed by atoms with E-state index in [9.17, 15) is 13.2 Å². The van der Waals surface area contributed by atoms with Gasteiger partial charge < -0.3 is 9.84 Å². The topological polar surface area (TPSA) is 51.0 Å². The molecule has 1 saturated heterocycles. The Morgan fingerprint density at radius 1 is 1.32 bits per heavy atom. The fraction of sp³-hybridized carbons (Fsp3) is 0.333. The minimum absolute atomic E-state index is 0.136. The second-order valence-electron chi connectivity index (χ2n) is 5.19. The minimum atomic E-state index is -4.33. The molecule has 0 bridgehead atoms. The Balaban J connectivity index is 1.77. The van der Waals surface area contributed by atoms with Gasteiger partial charge in [0.1, 0.15) is 0 Å². The number of hydrogen-bond acceptors (Lipinski definition) is 4. The first-order valence-electron chi connectivity index (χ1n) is 6.86. The van der Waals surface area contributed by atoms with Crippen molar-refractivity contribution in [2.75, 3.05) is 6.54 Å². The Labute approximate surface area is 125 Å². The molecule has 1 fully saturated rings. The van der Waals surface area contributed by atoms with Gasteiger partial charge in [-0.15, -0.1) is 0 Å². The van der Waals surface area contributed by atoms with E-state index in [2.05, 4.69) is 15.5 Å². The highest BCUT2D eigenvalue weighted by Crippen LogP contribution is 2.30. The van der Waals surface area contributed by atoms with Crippen molar-refractivity contribution in [3.05, 3.63) is 47.1 Å². The molecular weight excluding hydrogens is 295 g/mol. The number of aromatic nitrogens is 2. The molecule has 1 N–H and O–H groups in total. The van der Waals surface area contributed by atoms with E-state index < -0.39 is 11.7 Å². The van der Waals surface area contributed by atoms with E-state index >= 15 is 0 Å². The third-order valence-electron chi connectivity index (χ3n) is 3.60. The summed E-state index contributed by atoms with van der Waals surface area (Å²) >= 11 is 0. The van der Waals surface area contributed by atoms with Gasteiger partial charge in [-0.3, -0.25) is 0 Å². The molecule has 1 aliphatic heterocycles. The predicted octanol–water partition coefficient (Wildman–Crippen LogP) is 3.68. The van der Waals surface area contributed by atoms with Crippen LogP contribution in [0.3, 0.4) is 0 Å². The smallest absolute Gasteiger partial charge is 0.335 e. The van der Waals surface area contributed by atoms with Crippen LogP contribution < -0.4 is 5.32 Å². The van der Waals surface area contributed by atoms with Crippen molar-refractivity contribution < 1.29 is 17.7 Å². The quantitative estimate of drug-likeness (QED) is 0.939. The number of nitrogens with zero attached hydrogens (tertiary/aromatic N) is 2. The summed E-state index contributed by atoms with van der Waals surface area (Å²) in [6, 6.07) is 5.12. The molecule has 1 aromatic heterocycles. The molecule has 0 amide bonds. The highest BCUT2D eigenvalue weighted by Gasteiger charge is 2.30. The number of allylic oxidation sites excluding steroid dienone is 1. The van der Waals surface area contributed by atoms with Crippen LogP contribution in [-0.2, 0) is 6.18 Å². The van der Waals surface area contributed by atoms with Crippen LogP contribution >= 0.6 is 0 Å². The molecule has 1 aliphatic rings. The van der Waals surface area contributed by atoms with E-state index in [1.165, 1.54) is 12.1 Å². The van der Waals surface area contributed by atoms with E-state index in [-0.39, 0.29) is 6.04 Å². The standard InChI is InChI=1S/C15H14F3N3O/c1-9(10-2-4-11(5-3-10)15(16,17)18)8-13-20-14(21-22-13)12-6-7-19-12/h2-5,8,12,19H,6-7H2,1H3/b9-8-. The van der Waals surface area contributed by atoms with Crippen LogP contribution in [0.2, 0.25) is 0 Å². The van der Waals surface area contributed by atoms with Crippen molar-refractivity contribution >= 4 is 11.6 Å². The van der Waals surface area contributed by atoms with Crippen LogP contribution in [0, 0.1) is 0 Å². The van der Waals surface area contributed by atoms with Gasteiger partial charge in [-0.05, 0) is 43.2 Å².